The molecule has 0 unspecified atom stereocenters. The fourth-order valence-electron chi connectivity index (χ4n) is 2.02. The Morgan fingerprint density at radius 1 is 1.25 bits per heavy atom. The number of carbonyl (C=O) groups is 1. The van der Waals surface area contributed by atoms with Crippen LogP contribution < -0.4 is 0 Å². The number of fused-ring (bicyclic) bond motifs is 1. The number of hydrogen-bond donors (Lipinski definition) is 0. The fraction of sp³-hybridized carbons (Fsp3) is 0.412. The first kappa shape index (κ1) is 16.2. The maximum atomic E-state index is 12.0. The molecule has 0 N–H and O–H groups in total. The van der Waals surface area contributed by atoms with E-state index in [2.05, 4.69) is 18.0 Å². The van der Waals surface area contributed by atoms with E-state index in [-0.39, 0.29) is 5.97 Å². The van der Waals surface area contributed by atoms with Crippen molar-refractivity contribution in [2.24, 2.45) is 0 Å². The Balaban J connectivity index is 0.000000956. The van der Waals surface area contributed by atoms with Gasteiger partial charge >= 0.3 is 5.97 Å². The van der Waals surface area contributed by atoms with Crippen LogP contribution in [0.4, 0.5) is 0 Å². The van der Waals surface area contributed by atoms with Crippen molar-refractivity contribution >= 4 is 16.9 Å². The number of pyridine rings is 1. The predicted octanol–water partition coefficient (Wildman–Crippen LogP) is 4.31. The Morgan fingerprint density at radius 2 is 1.95 bits per heavy atom. The van der Waals surface area contributed by atoms with Crippen LogP contribution >= 0.6 is 0 Å². The summed E-state index contributed by atoms with van der Waals surface area (Å²) >= 11 is 0. The van der Waals surface area contributed by atoms with Gasteiger partial charge in [-0.3, -0.25) is 4.98 Å². The van der Waals surface area contributed by atoms with Gasteiger partial charge < -0.3 is 4.74 Å². The molecule has 0 atom stereocenters. The molecule has 2 aromatic rings. The average molecular weight is 273 g/mol. The number of aromatic nitrogens is 1. The Morgan fingerprint density at radius 3 is 2.55 bits per heavy atom. The highest BCUT2D eigenvalue weighted by molar-refractivity contribution is 6.03. The molecular weight excluding hydrogens is 250 g/mol. The summed E-state index contributed by atoms with van der Waals surface area (Å²) < 4.78 is 5.10. The van der Waals surface area contributed by atoms with E-state index >= 15 is 0 Å². The lowest BCUT2D eigenvalue weighted by molar-refractivity contribution is 0.0528. The minimum atomic E-state index is -0.295. The second kappa shape index (κ2) is 7.63. The van der Waals surface area contributed by atoms with Crippen molar-refractivity contribution < 1.29 is 9.53 Å². The third-order valence-electron chi connectivity index (χ3n) is 3.03. The van der Waals surface area contributed by atoms with E-state index < -0.39 is 0 Å². The molecular formula is C17H23NO2. The van der Waals surface area contributed by atoms with Crippen LogP contribution in [0.1, 0.15) is 49.2 Å². The first-order valence-corrected chi connectivity index (χ1v) is 7.22. The smallest absolute Gasteiger partial charge is 0.340 e. The number of benzene rings is 1. The number of rotatable bonds is 3. The van der Waals surface area contributed by atoms with Crippen LogP contribution in [-0.4, -0.2) is 17.6 Å². The molecule has 1 heterocycles. The summed E-state index contributed by atoms with van der Waals surface area (Å²) in [6.07, 6.45) is 2.61. The molecule has 3 heteroatoms. The summed E-state index contributed by atoms with van der Waals surface area (Å²) in [5.74, 6) is -0.295. The number of hydrogen-bond acceptors (Lipinski definition) is 3. The van der Waals surface area contributed by atoms with Crippen molar-refractivity contribution in [1.82, 2.24) is 4.98 Å². The Bertz CT molecular complexity index is 591. The quantitative estimate of drug-likeness (QED) is 0.782. The van der Waals surface area contributed by atoms with E-state index in [1.165, 1.54) is 0 Å². The number of carbonyl (C=O) groups excluding carboxylic acids is 1. The third-order valence-corrected chi connectivity index (χ3v) is 3.03. The minimum Gasteiger partial charge on any atom is -0.462 e. The van der Waals surface area contributed by atoms with E-state index in [4.69, 9.17) is 4.74 Å². The van der Waals surface area contributed by atoms with E-state index in [1.807, 2.05) is 39.8 Å². The van der Waals surface area contributed by atoms with Crippen LogP contribution in [-0.2, 0) is 11.2 Å². The van der Waals surface area contributed by atoms with Crippen molar-refractivity contribution in [3.05, 3.63) is 41.1 Å². The Hall–Kier alpha value is -1.90. The van der Waals surface area contributed by atoms with Gasteiger partial charge in [0.15, 0.2) is 0 Å². The van der Waals surface area contributed by atoms with Crippen LogP contribution in [0, 0.1) is 6.92 Å². The van der Waals surface area contributed by atoms with Gasteiger partial charge in [-0.15, -0.1) is 0 Å². The Kier molecular flexibility index (Phi) is 6.16. The lowest BCUT2D eigenvalue weighted by Crippen LogP contribution is -2.07. The van der Waals surface area contributed by atoms with Crippen LogP contribution in [0.25, 0.3) is 10.9 Å². The van der Waals surface area contributed by atoms with Gasteiger partial charge in [0.2, 0.25) is 0 Å². The van der Waals surface area contributed by atoms with Crippen LogP contribution in [0.3, 0.4) is 0 Å². The maximum absolute atomic E-state index is 12.0. The van der Waals surface area contributed by atoms with Crippen molar-refractivity contribution in [2.75, 3.05) is 6.61 Å². The van der Waals surface area contributed by atoms with Gasteiger partial charge in [-0.2, -0.15) is 0 Å². The number of esters is 1. The van der Waals surface area contributed by atoms with Crippen LogP contribution in [0.2, 0.25) is 0 Å². The second-order valence-corrected chi connectivity index (χ2v) is 4.24. The lowest BCUT2D eigenvalue weighted by atomic mass is 10.0. The SMILES string of the molecule is CC.CCOC(=O)c1cc(CC)cc2c(C)ccnc12. The first-order chi connectivity index (χ1) is 9.67. The van der Waals surface area contributed by atoms with E-state index in [9.17, 15) is 4.79 Å². The second-order valence-electron chi connectivity index (χ2n) is 4.24. The minimum absolute atomic E-state index is 0.295. The van der Waals surface area contributed by atoms with Crippen molar-refractivity contribution in [2.45, 2.75) is 41.0 Å². The molecule has 0 amide bonds. The van der Waals surface area contributed by atoms with Crippen molar-refractivity contribution in [3.8, 4) is 0 Å². The molecule has 0 aliphatic carbocycles. The molecule has 0 radical (unpaired) electrons. The Labute approximate surface area is 121 Å². The molecule has 0 bridgehead atoms. The van der Waals surface area contributed by atoms with E-state index in [1.54, 1.807) is 6.20 Å². The van der Waals surface area contributed by atoms with Gasteiger partial charge in [-0.25, -0.2) is 4.79 Å². The van der Waals surface area contributed by atoms with Gasteiger partial charge in [0.05, 0.1) is 17.7 Å². The molecule has 0 aliphatic heterocycles. The molecule has 0 spiro atoms. The summed E-state index contributed by atoms with van der Waals surface area (Å²) in [7, 11) is 0. The lowest BCUT2D eigenvalue weighted by Gasteiger charge is -2.09. The summed E-state index contributed by atoms with van der Waals surface area (Å²) in [5, 5.41) is 1.03. The molecule has 20 heavy (non-hydrogen) atoms. The zero-order valence-corrected chi connectivity index (χ0v) is 13.0. The van der Waals surface area contributed by atoms with Gasteiger partial charge in [-0.05, 0) is 49.6 Å². The van der Waals surface area contributed by atoms with Gasteiger partial charge in [0.25, 0.3) is 0 Å². The van der Waals surface area contributed by atoms with Gasteiger partial charge in [-0.1, -0.05) is 20.8 Å². The standard InChI is InChI=1S/C15H17NO2.C2H6/c1-4-11-8-12-10(3)6-7-16-14(12)13(9-11)15(17)18-5-2;1-2/h6-9H,4-5H2,1-3H3;1-2H3. The molecule has 3 nitrogen and oxygen atoms in total. The summed E-state index contributed by atoms with van der Waals surface area (Å²) in [5.41, 5.74) is 3.54. The highest BCUT2D eigenvalue weighted by Gasteiger charge is 2.14. The molecule has 1 aromatic carbocycles. The van der Waals surface area contributed by atoms with E-state index in [0.29, 0.717) is 12.2 Å². The monoisotopic (exact) mass is 273 g/mol. The zero-order chi connectivity index (χ0) is 15.1. The molecule has 0 aliphatic rings. The topological polar surface area (TPSA) is 39.2 Å². The molecule has 0 saturated carbocycles. The van der Waals surface area contributed by atoms with Crippen molar-refractivity contribution in [3.63, 3.8) is 0 Å². The zero-order valence-electron chi connectivity index (χ0n) is 13.0. The maximum Gasteiger partial charge on any atom is 0.340 e. The van der Waals surface area contributed by atoms with E-state index in [0.717, 1.165) is 28.5 Å². The highest BCUT2D eigenvalue weighted by Crippen LogP contribution is 2.23. The van der Waals surface area contributed by atoms with Crippen molar-refractivity contribution in [1.29, 1.82) is 0 Å². The molecule has 0 fully saturated rings. The molecule has 0 saturated heterocycles. The predicted molar refractivity (Wildman–Crippen MR) is 83.2 cm³/mol. The van der Waals surface area contributed by atoms with Crippen LogP contribution in [0.15, 0.2) is 24.4 Å². The van der Waals surface area contributed by atoms with Crippen LogP contribution in [0.5, 0.6) is 0 Å². The fourth-order valence-corrected chi connectivity index (χ4v) is 2.02. The molecule has 2 rings (SSSR count). The third kappa shape index (κ3) is 3.35. The largest absolute Gasteiger partial charge is 0.462 e. The number of nitrogens with zero attached hydrogens (tertiary/aromatic N) is 1. The van der Waals surface area contributed by atoms with Gasteiger partial charge in [0.1, 0.15) is 0 Å². The summed E-state index contributed by atoms with van der Waals surface area (Å²) in [6, 6.07) is 5.93. The number of ether oxygens (including phenoxy) is 1. The summed E-state index contributed by atoms with van der Waals surface area (Å²) in [4.78, 5) is 16.3. The molecule has 108 valence electrons. The number of aryl methyl sites for hydroxylation is 2. The average Bonchev–Trinajstić information content (AvgIpc) is 2.49. The van der Waals surface area contributed by atoms with Gasteiger partial charge in [0, 0.05) is 11.6 Å². The first-order valence-electron chi connectivity index (χ1n) is 7.22. The summed E-state index contributed by atoms with van der Waals surface area (Å²) in [6.45, 7) is 10.3. The normalized spacial score (nSPS) is 9.85. The highest BCUT2D eigenvalue weighted by atomic mass is 16.5. The molecule has 1 aromatic heterocycles.